The minimum absolute atomic E-state index is 0.189. The molecule has 1 aliphatic carbocycles. The lowest BCUT2D eigenvalue weighted by atomic mass is 10.3. The van der Waals surface area contributed by atoms with Crippen molar-refractivity contribution < 1.29 is 13.9 Å². The first-order chi connectivity index (χ1) is 8.65. The van der Waals surface area contributed by atoms with Crippen LogP contribution in [0.15, 0.2) is 18.2 Å². The van der Waals surface area contributed by atoms with Crippen LogP contribution in [-0.2, 0) is 0 Å². The van der Waals surface area contributed by atoms with Crippen molar-refractivity contribution in [3.05, 3.63) is 29.0 Å². The Kier molecular flexibility index (Phi) is 4.25. The van der Waals surface area contributed by atoms with Crippen LogP contribution in [0.25, 0.3) is 0 Å². The third-order valence-corrected chi connectivity index (χ3v) is 2.75. The molecule has 2 amide bonds. The second-order valence-corrected chi connectivity index (χ2v) is 4.50. The summed E-state index contributed by atoms with van der Waals surface area (Å²) in [5.41, 5.74) is 0. The predicted octanol–water partition coefficient (Wildman–Crippen LogP) is 2.32. The molecule has 1 aromatic rings. The van der Waals surface area contributed by atoms with Crippen LogP contribution in [0.3, 0.4) is 0 Å². The van der Waals surface area contributed by atoms with E-state index < -0.39 is 5.82 Å². The summed E-state index contributed by atoms with van der Waals surface area (Å²) >= 11 is 5.78. The summed E-state index contributed by atoms with van der Waals surface area (Å²) in [6.07, 6.45) is 2.10. The Bertz CT molecular complexity index is 438. The first kappa shape index (κ1) is 13.0. The van der Waals surface area contributed by atoms with Gasteiger partial charge < -0.3 is 15.4 Å². The van der Waals surface area contributed by atoms with Gasteiger partial charge in [-0.05, 0) is 31.0 Å². The lowest BCUT2D eigenvalue weighted by Gasteiger charge is -2.09. The zero-order chi connectivity index (χ0) is 13.0. The maximum Gasteiger partial charge on any atom is 0.315 e. The van der Waals surface area contributed by atoms with Crippen molar-refractivity contribution >= 4 is 17.6 Å². The third-order valence-electron chi connectivity index (χ3n) is 2.45. The molecule has 1 aliphatic rings. The third kappa shape index (κ3) is 4.07. The van der Waals surface area contributed by atoms with Gasteiger partial charge in [0.2, 0.25) is 0 Å². The topological polar surface area (TPSA) is 50.4 Å². The summed E-state index contributed by atoms with van der Waals surface area (Å²) in [5.74, 6) is -0.00301. The summed E-state index contributed by atoms with van der Waals surface area (Å²) in [6, 6.07) is 4.06. The van der Waals surface area contributed by atoms with E-state index in [1.807, 2.05) is 0 Å². The van der Waals surface area contributed by atoms with Crippen molar-refractivity contribution in [2.45, 2.75) is 18.9 Å². The van der Waals surface area contributed by atoms with E-state index in [-0.39, 0.29) is 17.7 Å². The number of carbonyl (C=O) groups is 1. The molecule has 0 spiro atoms. The molecule has 2 rings (SSSR count). The molecule has 0 radical (unpaired) electrons. The Hall–Kier alpha value is -1.49. The van der Waals surface area contributed by atoms with Gasteiger partial charge in [0.15, 0.2) is 0 Å². The smallest absolute Gasteiger partial charge is 0.315 e. The molecule has 1 saturated carbocycles. The Morgan fingerprint density at radius 2 is 2.28 bits per heavy atom. The van der Waals surface area contributed by atoms with Crippen molar-refractivity contribution in [2.24, 2.45) is 0 Å². The zero-order valence-corrected chi connectivity index (χ0v) is 10.5. The fourth-order valence-corrected chi connectivity index (χ4v) is 1.60. The Labute approximate surface area is 109 Å². The van der Waals surface area contributed by atoms with Crippen molar-refractivity contribution in [1.29, 1.82) is 0 Å². The second-order valence-electron chi connectivity index (χ2n) is 4.10. The number of amides is 2. The maximum absolute atomic E-state index is 12.8. The van der Waals surface area contributed by atoms with Gasteiger partial charge in [0.1, 0.15) is 18.2 Å². The maximum atomic E-state index is 12.8. The molecule has 98 valence electrons. The highest BCUT2D eigenvalue weighted by atomic mass is 35.5. The average Bonchev–Trinajstić information content (AvgIpc) is 3.10. The van der Waals surface area contributed by atoms with Crippen LogP contribution in [0.5, 0.6) is 5.75 Å². The lowest BCUT2D eigenvalue weighted by Crippen LogP contribution is -2.38. The number of hydrogen-bond acceptors (Lipinski definition) is 2. The summed E-state index contributed by atoms with van der Waals surface area (Å²) in [4.78, 5) is 11.3. The van der Waals surface area contributed by atoms with Crippen molar-refractivity contribution in [3.8, 4) is 5.75 Å². The summed E-state index contributed by atoms with van der Waals surface area (Å²) < 4.78 is 18.1. The highest BCUT2D eigenvalue weighted by molar-refractivity contribution is 6.32. The number of halogens is 2. The van der Waals surface area contributed by atoms with E-state index in [1.54, 1.807) is 0 Å². The van der Waals surface area contributed by atoms with Crippen molar-refractivity contribution in [2.75, 3.05) is 13.2 Å². The van der Waals surface area contributed by atoms with Crippen LogP contribution in [0.2, 0.25) is 5.02 Å². The second kappa shape index (κ2) is 5.91. The van der Waals surface area contributed by atoms with Crippen LogP contribution in [0, 0.1) is 5.82 Å². The largest absolute Gasteiger partial charge is 0.490 e. The van der Waals surface area contributed by atoms with E-state index >= 15 is 0 Å². The molecule has 0 unspecified atom stereocenters. The number of nitrogens with one attached hydrogen (secondary N) is 2. The van der Waals surface area contributed by atoms with Gasteiger partial charge in [-0.25, -0.2) is 9.18 Å². The number of ether oxygens (including phenoxy) is 1. The summed E-state index contributed by atoms with van der Waals surface area (Å²) in [6.45, 7) is 0.649. The lowest BCUT2D eigenvalue weighted by molar-refractivity contribution is 0.236. The molecule has 0 aromatic heterocycles. The summed E-state index contributed by atoms with van der Waals surface area (Å²) in [7, 11) is 0. The van der Waals surface area contributed by atoms with Crippen LogP contribution < -0.4 is 15.4 Å². The first-order valence-corrected chi connectivity index (χ1v) is 6.15. The van der Waals surface area contributed by atoms with Gasteiger partial charge in [-0.1, -0.05) is 11.6 Å². The first-order valence-electron chi connectivity index (χ1n) is 5.77. The van der Waals surface area contributed by atoms with Gasteiger partial charge >= 0.3 is 6.03 Å². The Balaban J connectivity index is 1.66. The quantitative estimate of drug-likeness (QED) is 0.808. The van der Waals surface area contributed by atoms with Gasteiger partial charge in [-0.3, -0.25) is 0 Å². The SMILES string of the molecule is O=C(NCCOc1ccc(F)cc1Cl)NC1CC1. The molecule has 1 fully saturated rings. The van der Waals surface area contributed by atoms with Crippen LogP contribution >= 0.6 is 11.6 Å². The molecule has 0 bridgehead atoms. The fourth-order valence-electron chi connectivity index (χ4n) is 1.38. The van der Waals surface area contributed by atoms with Gasteiger partial charge in [-0.2, -0.15) is 0 Å². The fraction of sp³-hybridized carbons (Fsp3) is 0.417. The number of benzene rings is 1. The molecule has 0 saturated heterocycles. The molecule has 0 heterocycles. The number of carbonyl (C=O) groups excluding carboxylic acids is 1. The molecule has 6 heteroatoms. The standard InChI is InChI=1S/C12H14ClFN2O2/c13-10-7-8(14)1-4-11(10)18-6-5-15-12(17)16-9-2-3-9/h1,4,7,9H,2-3,5-6H2,(H2,15,16,17). The van der Waals surface area contributed by atoms with Gasteiger partial charge in [-0.15, -0.1) is 0 Å². The van der Waals surface area contributed by atoms with Gasteiger partial charge in [0, 0.05) is 6.04 Å². The normalized spacial score (nSPS) is 14.1. The minimum atomic E-state index is -0.408. The van der Waals surface area contributed by atoms with E-state index in [2.05, 4.69) is 10.6 Å². The highest BCUT2D eigenvalue weighted by Gasteiger charge is 2.22. The zero-order valence-electron chi connectivity index (χ0n) is 9.71. The molecule has 4 nitrogen and oxygen atoms in total. The van der Waals surface area contributed by atoms with E-state index in [0.29, 0.717) is 18.3 Å². The van der Waals surface area contributed by atoms with Crippen molar-refractivity contribution in [3.63, 3.8) is 0 Å². The van der Waals surface area contributed by atoms with Crippen LogP contribution in [-0.4, -0.2) is 25.2 Å². The molecule has 0 aliphatic heterocycles. The highest BCUT2D eigenvalue weighted by Crippen LogP contribution is 2.24. The monoisotopic (exact) mass is 272 g/mol. The van der Waals surface area contributed by atoms with Crippen molar-refractivity contribution in [1.82, 2.24) is 10.6 Å². The van der Waals surface area contributed by atoms with E-state index in [1.165, 1.54) is 18.2 Å². The van der Waals surface area contributed by atoms with E-state index in [9.17, 15) is 9.18 Å². The molecular weight excluding hydrogens is 259 g/mol. The van der Waals surface area contributed by atoms with Crippen LogP contribution in [0.4, 0.5) is 9.18 Å². The summed E-state index contributed by atoms with van der Waals surface area (Å²) in [5, 5.41) is 5.67. The molecule has 18 heavy (non-hydrogen) atoms. The predicted molar refractivity (Wildman–Crippen MR) is 66.5 cm³/mol. The Morgan fingerprint density at radius 1 is 1.50 bits per heavy atom. The molecule has 1 aromatic carbocycles. The molecular formula is C12H14ClFN2O2. The van der Waals surface area contributed by atoms with E-state index in [0.717, 1.165) is 12.8 Å². The molecule has 2 N–H and O–H groups in total. The number of hydrogen-bond donors (Lipinski definition) is 2. The average molecular weight is 273 g/mol. The van der Waals surface area contributed by atoms with E-state index in [4.69, 9.17) is 16.3 Å². The van der Waals surface area contributed by atoms with Crippen LogP contribution in [0.1, 0.15) is 12.8 Å². The van der Waals surface area contributed by atoms with Gasteiger partial charge in [0.05, 0.1) is 11.6 Å². The number of rotatable bonds is 5. The Morgan fingerprint density at radius 3 is 2.94 bits per heavy atom. The minimum Gasteiger partial charge on any atom is -0.490 e. The number of urea groups is 1. The molecule has 0 atom stereocenters. The van der Waals surface area contributed by atoms with Gasteiger partial charge in [0.25, 0.3) is 0 Å².